The van der Waals surface area contributed by atoms with Gasteiger partial charge in [0.15, 0.2) is 5.13 Å². The van der Waals surface area contributed by atoms with Crippen LogP contribution in [0.3, 0.4) is 0 Å². The summed E-state index contributed by atoms with van der Waals surface area (Å²) in [5.41, 5.74) is 2.13. The number of anilines is 2. The lowest BCUT2D eigenvalue weighted by Crippen LogP contribution is -2.36. The van der Waals surface area contributed by atoms with E-state index in [1.807, 2.05) is 0 Å². The third-order valence-electron chi connectivity index (χ3n) is 4.78. The van der Waals surface area contributed by atoms with Crippen LogP contribution in [0.15, 0.2) is 24.5 Å². The average molecular weight is 443 g/mol. The van der Waals surface area contributed by atoms with Crippen molar-refractivity contribution < 1.29 is 19.1 Å². The molecule has 0 saturated carbocycles. The fourth-order valence-corrected chi connectivity index (χ4v) is 4.15. The van der Waals surface area contributed by atoms with Gasteiger partial charge in [0, 0.05) is 33.4 Å². The first-order valence-corrected chi connectivity index (χ1v) is 10.4. The molecule has 1 aliphatic rings. The number of aromatic nitrogens is 3. The van der Waals surface area contributed by atoms with Crippen molar-refractivity contribution >= 4 is 44.2 Å². The number of ether oxygens (including phenoxy) is 2. The second-order valence-electron chi connectivity index (χ2n) is 7.03. The number of thiazole rings is 1. The molecule has 0 spiro atoms. The maximum Gasteiger partial charge on any atom is 0.271 e. The van der Waals surface area contributed by atoms with Gasteiger partial charge in [0.2, 0.25) is 5.88 Å². The van der Waals surface area contributed by atoms with Crippen molar-refractivity contribution in [3.05, 3.63) is 35.8 Å². The summed E-state index contributed by atoms with van der Waals surface area (Å²) in [4.78, 5) is 41.3. The number of methoxy groups -OCH3 is 1. The molecular formula is C20H22N6O4S. The van der Waals surface area contributed by atoms with Crippen LogP contribution in [0.5, 0.6) is 5.88 Å². The molecule has 162 valence electrons. The molecular weight excluding hydrogens is 420 g/mol. The first-order valence-electron chi connectivity index (χ1n) is 9.63. The Bertz CT molecular complexity index is 1110. The molecule has 0 atom stereocenters. The number of nitrogens with one attached hydrogen (secondary N) is 1. The molecule has 0 unspecified atom stereocenters. The fraction of sp³-hybridized carbons (Fsp3) is 0.350. The first-order chi connectivity index (χ1) is 15.0. The van der Waals surface area contributed by atoms with Crippen molar-refractivity contribution in [3.63, 3.8) is 0 Å². The maximum absolute atomic E-state index is 12.7. The molecule has 31 heavy (non-hydrogen) atoms. The number of fused-ring (bicyclic) bond motifs is 1. The van der Waals surface area contributed by atoms with Crippen molar-refractivity contribution in [2.45, 2.75) is 0 Å². The van der Waals surface area contributed by atoms with Crippen molar-refractivity contribution in [2.24, 2.45) is 0 Å². The van der Waals surface area contributed by atoms with E-state index >= 15 is 0 Å². The van der Waals surface area contributed by atoms with Crippen LogP contribution in [0.1, 0.15) is 20.8 Å². The smallest absolute Gasteiger partial charge is 0.271 e. The van der Waals surface area contributed by atoms with E-state index in [0.717, 1.165) is 23.5 Å². The SMILES string of the molecule is COc1ncc(N2CCOCC2)c2sc(NC(=O)c3ccc(C(=O)N(C)C)nc3)nc12. The summed E-state index contributed by atoms with van der Waals surface area (Å²) in [6, 6.07) is 3.09. The summed E-state index contributed by atoms with van der Waals surface area (Å²) in [5.74, 6) is -0.194. The Labute approximate surface area is 182 Å². The number of rotatable bonds is 5. The molecule has 3 aromatic rings. The Morgan fingerprint density at radius 2 is 1.97 bits per heavy atom. The second-order valence-corrected chi connectivity index (χ2v) is 8.03. The highest BCUT2D eigenvalue weighted by molar-refractivity contribution is 7.23. The molecule has 1 N–H and O–H groups in total. The van der Waals surface area contributed by atoms with Crippen LogP contribution < -0.4 is 15.0 Å². The van der Waals surface area contributed by atoms with Crippen molar-refractivity contribution in [1.82, 2.24) is 19.9 Å². The number of carbonyl (C=O) groups excluding carboxylic acids is 2. The first kappa shape index (κ1) is 20.9. The number of pyridine rings is 2. The molecule has 0 aromatic carbocycles. The Kier molecular flexibility index (Phi) is 5.96. The molecule has 10 nitrogen and oxygen atoms in total. The molecule has 0 aliphatic carbocycles. The van der Waals surface area contributed by atoms with E-state index < -0.39 is 0 Å². The highest BCUT2D eigenvalue weighted by Gasteiger charge is 2.21. The van der Waals surface area contributed by atoms with E-state index in [2.05, 4.69) is 25.2 Å². The predicted molar refractivity (Wildman–Crippen MR) is 117 cm³/mol. The second kappa shape index (κ2) is 8.82. The van der Waals surface area contributed by atoms with Gasteiger partial charge in [-0.1, -0.05) is 11.3 Å². The van der Waals surface area contributed by atoms with Crippen molar-refractivity contribution in [3.8, 4) is 5.88 Å². The number of carbonyl (C=O) groups is 2. The van der Waals surface area contributed by atoms with Crippen LogP contribution >= 0.6 is 11.3 Å². The van der Waals surface area contributed by atoms with Gasteiger partial charge in [0.25, 0.3) is 11.8 Å². The molecule has 4 rings (SSSR count). The standard InChI is InChI=1S/C20H22N6O4S/c1-25(2)19(28)13-5-4-12(10-21-13)17(27)24-20-23-15-16(31-20)14(11-22-18(15)29-3)26-6-8-30-9-7-26/h4-5,10-11H,6-9H2,1-3H3,(H,23,24,27). The molecule has 1 aliphatic heterocycles. The zero-order valence-electron chi connectivity index (χ0n) is 17.4. The van der Waals surface area contributed by atoms with Crippen LogP contribution in [-0.2, 0) is 4.74 Å². The minimum atomic E-state index is -0.366. The minimum absolute atomic E-state index is 0.228. The lowest BCUT2D eigenvalue weighted by atomic mass is 10.2. The summed E-state index contributed by atoms with van der Waals surface area (Å²) < 4.78 is 11.7. The monoisotopic (exact) mass is 442 g/mol. The third-order valence-corrected chi connectivity index (χ3v) is 5.78. The van der Waals surface area contributed by atoms with Gasteiger partial charge in [-0.3, -0.25) is 19.9 Å². The van der Waals surface area contributed by atoms with Crippen molar-refractivity contribution in [1.29, 1.82) is 0 Å². The highest BCUT2D eigenvalue weighted by atomic mass is 32.1. The maximum atomic E-state index is 12.7. The van der Waals surface area contributed by atoms with Crippen LogP contribution in [-0.4, -0.2) is 79.2 Å². The van der Waals surface area contributed by atoms with Crippen LogP contribution in [0, 0.1) is 0 Å². The molecule has 11 heteroatoms. The lowest BCUT2D eigenvalue weighted by molar-refractivity contribution is 0.0821. The summed E-state index contributed by atoms with van der Waals surface area (Å²) >= 11 is 1.36. The number of morpholine rings is 1. The number of amides is 2. The third kappa shape index (κ3) is 4.28. The van der Waals surface area contributed by atoms with E-state index in [1.165, 1.54) is 35.6 Å². The quantitative estimate of drug-likeness (QED) is 0.638. The Morgan fingerprint density at radius 3 is 2.61 bits per heavy atom. The zero-order valence-corrected chi connectivity index (χ0v) is 18.2. The predicted octanol–water partition coefficient (Wildman–Crippen LogP) is 1.89. The van der Waals surface area contributed by atoms with Crippen LogP contribution in [0.2, 0.25) is 0 Å². The summed E-state index contributed by atoms with van der Waals surface area (Å²) in [6.45, 7) is 2.81. The molecule has 0 radical (unpaired) electrons. The summed E-state index contributed by atoms with van der Waals surface area (Å²) in [5, 5.41) is 3.23. The van der Waals surface area contributed by atoms with Gasteiger partial charge in [-0.15, -0.1) is 0 Å². The zero-order chi connectivity index (χ0) is 22.0. The Hall–Kier alpha value is -3.31. The molecule has 1 fully saturated rings. The minimum Gasteiger partial charge on any atom is -0.479 e. The van der Waals surface area contributed by atoms with Gasteiger partial charge in [-0.2, -0.15) is 0 Å². The van der Waals surface area contributed by atoms with Gasteiger partial charge in [0.1, 0.15) is 11.2 Å². The van der Waals surface area contributed by atoms with E-state index in [-0.39, 0.29) is 17.5 Å². The molecule has 3 aromatic heterocycles. The van der Waals surface area contributed by atoms with Crippen LogP contribution in [0.4, 0.5) is 10.8 Å². The highest BCUT2D eigenvalue weighted by Crippen LogP contribution is 2.38. The summed E-state index contributed by atoms with van der Waals surface area (Å²) in [7, 11) is 4.83. The van der Waals surface area contributed by atoms with Gasteiger partial charge < -0.3 is 19.3 Å². The molecule has 4 heterocycles. The largest absolute Gasteiger partial charge is 0.479 e. The lowest BCUT2D eigenvalue weighted by Gasteiger charge is -2.28. The van der Waals surface area contributed by atoms with E-state index in [0.29, 0.717) is 35.3 Å². The number of nitrogens with zero attached hydrogens (tertiary/aromatic N) is 5. The topological polar surface area (TPSA) is 110 Å². The average Bonchev–Trinajstić information content (AvgIpc) is 3.22. The summed E-state index contributed by atoms with van der Waals surface area (Å²) in [6.07, 6.45) is 3.14. The Morgan fingerprint density at radius 1 is 1.19 bits per heavy atom. The van der Waals surface area contributed by atoms with Gasteiger partial charge in [0.05, 0.1) is 42.5 Å². The fourth-order valence-electron chi connectivity index (χ4n) is 3.16. The van der Waals surface area contributed by atoms with Gasteiger partial charge in [-0.25, -0.2) is 9.97 Å². The van der Waals surface area contributed by atoms with Gasteiger partial charge in [-0.05, 0) is 12.1 Å². The molecule has 2 amide bonds. The van der Waals surface area contributed by atoms with Gasteiger partial charge >= 0.3 is 0 Å². The van der Waals surface area contributed by atoms with E-state index in [4.69, 9.17) is 9.47 Å². The number of hydrogen-bond acceptors (Lipinski definition) is 9. The van der Waals surface area contributed by atoms with E-state index in [1.54, 1.807) is 26.4 Å². The van der Waals surface area contributed by atoms with Crippen LogP contribution in [0.25, 0.3) is 10.2 Å². The normalized spacial score (nSPS) is 13.8. The number of hydrogen-bond donors (Lipinski definition) is 1. The molecule has 1 saturated heterocycles. The van der Waals surface area contributed by atoms with Crippen molar-refractivity contribution in [2.75, 3.05) is 57.7 Å². The molecule has 0 bridgehead atoms. The van der Waals surface area contributed by atoms with E-state index in [9.17, 15) is 9.59 Å². The Balaban J connectivity index is 1.59.